The van der Waals surface area contributed by atoms with Gasteiger partial charge in [-0.25, -0.2) is 0 Å². The number of hydrogen-bond donors (Lipinski definition) is 2. The molecule has 1 aliphatic carbocycles. The maximum atomic E-state index is 9.66. The molecule has 17 heavy (non-hydrogen) atoms. The van der Waals surface area contributed by atoms with Crippen LogP contribution in [0.3, 0.4) is 0 Å². The Morgan fingerprint density at radius 2 is 1.94 bits per heavy atom. The lowest BCUT2D eigenvalue weighted by molar-refractivity contribution is 0.0403. The molecule has 3 heteroatoms. The Morgan fingerprint density at radius 3 is 2.53 bits per heavy atom. The van der Waals surface area contributed by atoms with Gasteiger partial charge in [0.15, 0.2) is 0 Å². The molecule has 0 heterocycles. The molecule has 1 saturated carbocycles. The van der Waals surface area contributed by atoms with Crippen LogP contribution >= 0.6 is 0 Å². The van der Waals surface area contributed by atoms with Gasteiger partial charge in [-0.05, 0) is 38.5 Å². The van der Waals surface area contributed by atoms with Crippen LogP contribution in [-0.4, -0.2) is 37.0 Å². The van der Waals surface area contributed by atoms with Gasteiger partial charge in [0, 0.05) is 19.2 Å². The van der Waals surface area contributed by atoms with Gasteiger partial charge in [0.05, 0.1) is 12.7 Å². The summed E-state index contributed by atoms with van der Waals surface area (Å²) in [5.41, 5.74) is 0. The summed E-state index contributed by atoms with van der Waals surface area (Å²) in [7, 11) is 0. The lowest BCUT2D eigenvalue weighted by Crippen LogP contribution is -2.39. The van der Waals surface area contributed by atoms with Crippen LogP contribution in [0.4, 0.5) is 0 Å². The van der Waals surface area contributed by atoms with Gasteiger partial charge in [-0.3, -0.25) is 0 Å². The van der Waals surface area contributed by atoms with E-state index in [4.69, 9.17) is 4.74 Å². The SMILES string of the molecule is CCCC1CCC(NCC(O)COCC)CC1. The van der Waals surface area contributed by atoms with Gasteiger partial charge in [-0.2, -0.15) is 0 Å². The standard InChI is InChI=1S/C14H29NO2/c1-3-5-12-6-8-13(9-7-12)15-10-14(16)11-17-4-2/h12-16H,3-11H2,1-2H3. The second-order valence-electron chi connectivity index (χ2n) is 5.23. The normalized spacial score (nSPS) is 27.0. The molecule has 2 N–H and O–H groups in total. The Bertz CT molecular complexity index is 179. The maximum Gasteiger partial charge on any atom is 0.0897 e. The molecular weight excluding hydrogens is 214 g/mol. The van der Waals surface area contributed by atoms with Gasteiger partial charge in [0.2, 0.25) is 0 Å². The number of nitrogens with one attached hydrogen (secondary N) is 1. The van der Waals surface area contributed by atoms with Crippen LogP contribution in [0.5, 0.6) is 0 Å². The monoisotopic (exact) mass is 243 g/mol. The second kappa shape index (κ2) is 8.90. The Labute approximate surface area is 106 Å². The van der Waals surface area contributed by atoms with Crippen molar-refractivity contribution < 1.29 is 9.84 Å². The van der Waals surface area contributed by atoms with Crippen molar-refractivity contribution >= 4 is 0 Å². The van der Waals surface area contributed by atoms with E-state index in [9.17, 15) is 5.11 Å². The zero-order valence-corrected chi connectivity index (χ0v) is 11.5. The number of ether oxygens (including phenoxy) is 1. The van der Waals surface area contributed by atoms with E-state index >= 15 is 0 Å². The van der Waals surface area contributed by atoms with Crippen molar-refractivity contribution in [2.75, 3.05) is 19.8 Å². The lowest BCUT2D eigenvalue weighted by atomic mass is 9.83. The summed E-state index contributed by atoms with van der Waals surface area (Å²) in [5, 5.41) is 13.1. The first-order valence-electron chi connectivity index (χ1n) is 7.25. The van der Waals surface area contributed by atoms with Crippen LogP contribution < -0.4 is 5.32 Å². The fraction of sp³-hybridized carbons (Fsp3) is 1.00. The topological polar surface area (TPSA) is 41.5 Å². The van der Waals surface area contributed by atoms with Gasteiger partial charge in [0.25, 0.3) is 0 Å². The lowest BCUT2D eigenvalue weighted by Gasteiger charge is -2.29. The zero-order valence-electron chi connectivity index (χ0n) is 11.5. The third-order valence-electron chi connectivity index (χ3n) is 3.70. The molecule has 1 rings (SSSR count). The van der Waals surface area contributed by atoms with Crippen molar-refractivity contribution in [3.63, 3.8) is 0 Å². The van der Waals surface area contributed by atoms with Gasteiger partial charge in [0.1, 0.15) is 0 Å². The summed E-state index contributed by atoms with van der Waals surface area (Å²) >= 11 is 0. The van der Waals surface area contributed by atoms with Crippen molar-refractivity contribution in [2.45, 2.75) is 64.5 Å². The molecule has 0 aromatic rings. The molecular formula is C14H29NO2. The van der Waals surface area contributed by atoms with Gasteiger partial charge >= 0.3 is 0 Å². The van der Waals surface area contributed by atoms with E-state index in [0.717, 1.165) is 5.92 Å². The third kappa shape index (κ3) is 6.39. The van der Waals surface area contributed by atoms with Crippen molar-refractivity contribution in [3.05, 3.63) is 0 Å². The van der Waals surface area contributed by atoms with Crippen LogP contribution in [0.15, 0.2) is 0 Å². The molecule has 0 aliphatic heterocycles. The number of aliphatic hydroxyl groups is 1. The van der Waals surface area contributed by atoms with Gasteiger partial charge in [-0.1, -0.05) is 19.8 Å². The van der Waals surface area contributed by atoms with Crippen molar-refractivity contribution in [2.24, 2.45) is 5.92 Å². The fourth-order valence-corrected chi connectivity index (χ4v) is 2.68. The smallest absolute Gasteiger partial charge is 0.0897 e. The summed E-state index contributed by atoms with van der Waals surface area (Å²) in [4.78, 5) is 0. The van der Waals surface area contributed by atoms with Gasteiger partial charge < -0.3 is 15.2 Å². The maximum absolute atomic E-state index is 9.66. The van der Waals surface area contributed by atoms with Crippen LogP contribution in [0.25, 0.3) is 0 Å². The molecule has 0 aromatic heterocycles. The first-order valence-corrected chi connectivity index (χ1v) is 7.25. The van der Waals surface area contributed by atoms with Crippen molar-refractivity contribution in [1.29, 1.82) is 0 Å². The van der Waals surface area contributed by atoms with E-state index in [1.54, 1.807) is 0 Å². The van der Waals surface area contributed by atoms with E-state index in [-0.39, 0.29) is 6.10 Å². The minimum atomic E-state index is -0.358. The highest BCUT2D eigenvalue weighted by atomic mass is 16.5. The number of hydrogen-bond acceptors (Lipinski definition) is 3. The first kappa shape index (κ1) is 14.9. The minimum absolute atomic E-state index is 0.358. The minimum Gasteiger partial charge on any atom is -0.389 e. The second-order valence-corrected chi connectivity index (χ2v) is 5.23. The van der Waals surface area contributed by atoms with E-state index in [1.165, 1.54) is 38.5 Å². The van der Waals surface area contributed by atoms with E-state index < -0.39 is 0 Å². The van der Waals surface area contributed by atoms with Gasteiger partial charge in [-0.15, -0.1) is 0 Å². The molecule has 0 radical (unpaired) electrons. The van der Waals surface area contributed by atoms with Crippen LogP contribution in [0, 0.1) is 5.92 Å². The zero-order chi connectivity index (χ0) is 12.5. The highest BCUT2D eigenvalue weighted by molar-refractivity contribution is 4.77. The highest BCUT2D eigenvalue weighted by Gasteiger charge is 2.20. The Balaban J connectivity index is 2.05. The largest absolute Gasteiger partial charge is 0.389 e. The fourth-order valence-electron chi connectivity index (χ4n) is 2.68. The molecule has 3 nitrogen and oxygen atoms in total. The molecule has 1 aliphatic rings. The van der Waals surface area contributed by atoms with E-state index in [0.29, 0.717) is 25.8 Å². The summed E-state index contributed by atoms with van der Waals surface area (Å²) in [6.45, 7) is 6.03. The van der Waals surface area contributed by atoms with E-state index in [2.05, 4.69) is 12.2 Å². The molecule has 0 amide bonds. The average Bonchev–Trinajstić information content (AvgIpc) is 2.36. The Hall–Kier alpha value is -0.120. The summed E-state index contributed by atoms with van der Waals surface area (Å²) in [6.07, 6.45) is 7.59. The van der Waals surface area contributed by atoms with Crippen LogP contribution in [0.1, 0.15) is 52.4 Å². The molecule has 1 atom stereocenters. The predicted molar refractivity (Wildman–Crippen MR) is 71.2 cm³/mol. The van der Waals surface area contributed by atoms with Crippen LogP contribution in [-0.2, 0) is 4.74 Å². The quantitative estimate of drug-likeness (QED) is 0.687. The molecule has 0 spiro atoms. The summed E-state index contributed by atoms with van der Waals surface area (Å²) in [6, 6.07) is 0.611. The van der Waals surface area contributed by atoms with Crippen molar-refractivity contribution in [1.82, 2.24) is 5.32 Å². The molecule has 1 fully saturated rings. The predicted octanol–water partition coefficient (Wildman–Crippen LogP) is 2.33. The molecule has 0 bridgehead atoms. The number of aliphatic hydroxyl groups excluding tert-OH is 1. The Kier molecular flexibility index (Phi) is 7.82. The summed E-state index contributed by atoms with van der Waals surface area (Å²) < 4.78 is 5.19. The van der Waals surface area contributed by atoms with E-state index in [1.807, 2.05) is 6.92 Å². The van der Waals surface area contributed by atoms with Crippen molar-refractivity contribution in [3.8, 4) is 0 Å². The molecule has 102 valence electrons. The Morgan fingerprint density at radius 1 is 1.24 bits per heavy atom. The summed E-state index contributed by atoms with van der Waals surface area (Å²) in [5.74, 6) is 0.950. The molecule has 0 aromatic carbocycles. The third-order valence-corrected chi connectivity index (χ3v) is 3.70. The number of rotatable bonds is 8. The average molecular weight is 243 g/mol. The van der Waals surface area contributed by atoms with Crippen LogP contribution in [0.2, 0.25) is 0 Å². The molecule has 0 saturated heterocycles. The highest BCUT2D eigenvalue weighted by Crippen LogP contribution is 2.27. The first-order chi connectivity index (χ1) is 8.26. The molecule has 1 unspecified atom stereocenters.